The summed E-state index contributed by atoms with van der Waals surface area (Å²) in [5, 5.41) is 20.1. The summed E-state index contributed by atoms with van der Waals surface area (Å²) < 4.78 is 2.05. The Morgan fingerprint density at radius 3 is 2.52 bits per heavy atom. The van der Waals surface area contributed by atoms with E-state index in [-0.39, 0.29) is 24.5 Å². The summed E-state index contributed by atoms with van der Waals surface area (Å²) in [5.41, 5.74) is 3.69. The van der Waals surface area contributed by atoms with Gasteiger partial charge in [-0.15, -0.1) is 0 Å². The first-order valence-electron chi connectivity index (χ1n) is 10.6. The monoisotopic (exact) mass is 442 g/mol. The molecule has 0 saturated heterocycles. The van der Waals surface area contributed by atoms with Crippen molar-refractivity contribution in [2.24, 2.45) is 5.92 Å². The summed E-state index contributed by atoms with van der Waals surface area (Å²) >= 11 is 6.23. The largest absolute Gasteiger partial charge is 0.481 e. The van der Waals surface area contributed by atoms with Crippen LogP contribution >= 0.6 is 11.6 Å². The molecule has 0 bridgehead atoms. The Balaban J connectivity index is 1.77. The molecule has 3 rings (SSSR count). The maximum atomic E-state index is 13.3. The van der Waals surface area contributed by atoms with Gasteiger partial charge in [0.2, 0.25) is 5.69 Å². The van der Waals surface area contributed by atoms with Crippen molar-refractivity contribution in [2.75, 3.05) is 7.05 Å². The number of hydrogen-bond acceptors (Lipinski definition) is 3. The summed E-state index contributed by atoms with van der Waals surface area (Å²) in [6, 6.07) is 15.1. The average Bonchev–Trinajstić information content (AvgIpc) is 2.99. The molecule has 0 amide bonds. The molecule has 5 nitrogen and oxygen atoms in total. The van der Waals surface area contributed by atoms with Gasteiger partial charge < -0.3 is 10.2 Å². The number of halogens is 1. The topological polar surface area (TPSA) is 77.6 Å². The molecule has 3 unspecified atom stereocenters. The maximum Gasteiger partial charge on any atom is 0.303 e. The van der Waals surface area contributed by atoms with E-state index in [1.807, 2.05) is 60.2 Å². The van der Waals surface area contributed by atoms with Crippen molar-refractivity contribution >= 4 is 34.8 Å². The van der Waals surface area contributed by atoms with Crippen LogP contribution in [0.15, 0.2) is 48.5 Å². The molecule has 164 valence electrons. The molecule has 3 atom stereocenters. The smallest absolute Gasteiger partial charge is 0.303 e. The highest BCUT2D eigenvalue weighted by molar-refractivity contribution is 6.31. The predicted octanol–water partition coefficient (Wildman–Crippen LogP) is 5.13. The summed E-state index contributed by atoms with van der Waals surface area (Å²) in [6.07, 6.45) is 1.61. The zero-order chi connectivity index (χ0) is 22.5. The standard InChI is InChI=1S/C25H28ClNO4/c1-16(14-24(30)31)13-23(29)25-19-15-18(26)11-12-20(19)27(2)21(25)9-6-10-22(28)17-7-4-3-5-8-17/h3-5,7-8,11-12,15-16,22,25,28H,6,9-10,13-14H2,1-2H3/p+1. The minimum absolute atomic E-state index is 0.0141. The number of benzene rings is 2. The van der Waals surface area contributed by atoms with Crippen molar-refractivity contribution in [1.82, 2.24) is 0 Å². The Morgan fingerprint density at radius 1 is 1.13 bits per heavy atom. The molecule has 0 radical (unpaired) electrons. The van der Waals surface area contributed by atoms with Gasteiger partial charge in [0.1, 0.15) is 13.0 Å². The first-order chi connectivity index (χ1) is 14.8. The van der Waals surface area contributed by atoms with Gasteiger partial charge in [0.05, 0.1) is 6.10 Å². The van der Waals surface area contributed by atoms with Gasteiger partial charge in [-0.25, -0.2) is 4.58 Å². The minimum atomic E-state index is -0.897. The molecule has 0 aliphatic carbocycles. The molecule has 0 saturated carbocycles. The number of nitrogens with zero attached hydrogens (tertiary/aromatic N) is 1. The lowest BCUT2D eigenvalue weighted by molar-refractivity contribution is -0.403. The van der Waals surface area contributed by atoms with Crippen molar-refractivity contribution in [2.45, 2.75) is 51.0 Å². The normalized spacial score (nSPS) is 17.4. The minimum Gasteiger partial charge on any atom is -0.481 e. The van der Waals surface area contributed by atoms with Gasteiger partial charge in [-0.3, -0.25) is 9.59 Å². The Labute approximate surface area is 188 Å². The lowest BCUT2D eigenvalue weighted by Crippen LogP contribution is -2.24. The average molecular weight is 443 g/mol. The fourth-order valence-corrected chi connectivity index (χ4v) is 4.59. The van der Waals surface area contributed by atoms with E-state index in [2.05, 4.69) is 0 Å². The van der Waals surface area contributed by atoms with Crippen LogP contribution in [0.1, 0.15) is 62.2 Å². The second-order valence-electron chi connectivity index (χ2n) is 8.38. The third-order valence-corrected chi connectivity index (χ3v) is 6.15. The van der Waals surface area contributed by atoms with E-state index >= 15 is 0 Å². The van der Waals surface area contributed by atoms with Crippen LogP contribution in [-0.4, -0.2) is 39.3 Å². The van der Waals surface area contributed by atoms with Crippen LogP contribution < -0.4 is 0 Å². The molecule has 31 heavy (non-hydrogen) atoms. The number of rotatable bonds is 10. The molecule has 1 aliphatic heterocycles. The first kappa shape index (κ1) is 23.2. The van der Waals surface area contributed by atoms with Crippen LogP contribution in [0.3, 0.4) is 0 Å². The molecule has 2 N–H and O–H groups in total. The molecule has 0 spiro atoms. The van der Waals surface area contributed by atoms with E-state index in [0.717, 1.165) is 28.9 Å². The Bertz CT molecular complexity index is 986. The second-order valence-corrected chi connectivity index (χ2v) is 8.82. The highest BCUT2D eigenvalue weighted by atomic mass is 35.5. The van der Waals surface area contributed by atoms with Gasteiger partial charge in [0.15, 0.2) is 11.5 Å². The zero-order valence-electron chi connectivity index (χ0n) is 17.9. The van der Waals surface area contributed by atoms with Crippen LogP contribution in [0.4, 0.5) is 5.69 Å². The summed E-state index contributed by atoms with van der Waals surface area (Å²) in [6.45, 7) is 1.79. The van der Waals surface area contributed by atoms with Crippen LogP contribution in [0.5, 0.6) is 0 Å². The molecular weight excluding hydrogens is 414 g/mol. The summed E-state index contributed by atoms with van der Waals surface area (Å²) in [4.78, 5) is 24.3. The van der Waals surface area contributed by atoms with Crippen LogP contribution in [0, 0.1) is 5.92 Å². The Hall–Kier alpha value is -2.50. The highest BCUT2D eigenvalue weighted by Gasteiger charge is 2.41. The summed E-state index contributed by atoms with van der Waals surface area (Å²) in [5.74, 6) is -1.55. The van der Waals surface area contributed by atoms with Crippen LogP contribution in [0.25, 0.3) is 0 Å². The third-order valence-electron chi connectivity index (χ3n) is 5.92. The fourth-order valence-electron chi connectivity index (χ4n) is 4.41. The van der Waals surface area contributed by atoms with Gasteiger partial charge in [-0.1, -0.05) is 48.9 Å². The van der Waals surface area contributed by atoms with Crippen molar-refractivity contribution in [1.29, 1.82) is 0 Å². The number of hydrogen-bond donors (Lipinski definition) is 2. The van der Waals surface area contributed by atoms with Crippen LogP contribution in [-0.2, 0) is 9.59 Å². The number of carbonyl (C=O) groups excluding carboxylic acids is 1. The zero-order valence-corrected chi connectivity index (χ0v) is 18.7. The number of aliphatic carboxylic acids is 1. The lowest BCUT2D eigenvalue weighted by Gasteiger charge is -2.14. The van der Waals surface area contributed by atoms with E-state index in [1.54, 1.807) is 6.92 Å². The number of ketones is 1. The number of carboxylic acids is 1. The second kappa shape index (κ2) is 10.2. The molecule has 1 heterocycles. The number of aliphatic hydroxyl groups is 1. The molecule has 2 aromatic rings. The van der Waals surface area contributed by atoms with Crippen molar-refractivity contribution in [3.05, 3.63) is 64.7 Å². The van der Waals surface area contributed by atoms with E-state index in [4.69, 9.17) is 16.7 Å². The number of carboxylic acid groups (broad SMARTS) is 1. The number of fused-ring (bicyclic) bond motifs is 1. The van der Waals surface area contributed by atoms with E-state index in [1.165, 1.54) is 0 Å². The Morgan fingerprint density at radius 2 is 1.84 bits per heavy atom. The van der Waals surface area contributed by atoms with Gasteiger partial charge in [0.25, 0.3) is 0 Å². The molecule has 6 heteroatoms. The molecule has 0 aromatic heterocycles. The van der Waals surface area contributed by atoms with Crippen molar-refractivity contribution in [3.63, 3.8) is 0 Å². The molecule has 0 fully saturated rings. The lowest BCUT2D eigenvalue weighted by atomic mass is 9.84. The number of carbonyl (C=O) groups is 2. The van der Waals surface area contributed by atoms with Crippen LogP contribution in [0.2, 0.25) is 5.02 Å². The quantitative estimate of drug-likeness (QED) is 0.500. The maximum absolute atomic E-state index is 13.3. The van der Waals surface area contributed by atoms with Crippen molar-refractivity contribution < 1.29 is 24.4 Å². The molecular formula is C25H29ClNO4+. The molecule has 1 aliphatic rings. The first-order valence-corrected chi connectivity index (χ1v) is 11.0. The van der Waals surface area contributed by atoms with Gasteiger partial charge >= 0.3 is 5.97 Å². The Kier molecular flexibility index (Phi) is 7.63. The number of aliphatic hydroxyl groups excluding tert-OH is 1. The highest BCUT2D eigenvalue weighted by Crippen LogP contribution is 2.39. The number of Topliss-reactive ketones (excluding diaryl/α,β-unsaturated/α-hetero) is 1. The van der Waals surface area contributed by atoms with Gasteiger partial charge in [0, 0.05) is 35.9 Å². The summed E-state index contributed by atoms with van der Waals surface area (Å²) in [7, 11) is 1.95. The van der Waals surface area contributed by atoms with Crippen molar-refractivity contribution in [3.8, 4) is 0 Å². The third kappa shape index (κ3) is 5.60. The molecule has 2 aromatic carbocycles. The SMILES string of the molecule is CC(CC(=O)O)CC(=O)C1C(CCCC(O)c2ccccc2)=[N+](C)c2ccc(Cl)cc21. The van der Waals surface area contributed by atoms with E-state index in [9.17, 15) is 14.7 Å². The predicted molar refractivity (Wildman–Crippen MR) is 121 cm³/mol. The van der Waals surface area contributed by atoms with Gasteiger partial charge in [-0.05, 0) is 36.5 Å². The fraction of sp³-hybridized carbons (Fsp3) is 0.400. The van der Waals surface area contributed by atoms with E-state index < -0.39 is 18.0 Å². The van der Waals surface area contributed by atoms with E-state index in [0.29, 0.717) is 17.9 Å². The van der Waals surface area contributed by atoms with Gasteiger partial charge in [-0.2, -0.15) is 0 Å².